The molecule has 22 heavy (non-hydrogen) atoms. The summed E-state index contributed by atoms with van der Waals surface area (Å²) in [5.74, 6) is 0.530. The van der Waals surface area contributed by atoms with E-state index >= 15 is 0 Å². The van der Waals surface area contributed by atoms with Gasteiger partial charge in [0.25, 0.3) is 0 Å². The van der Waals surface area contributed by atoms with Gasteiger partial charge >= 0.3 is 0 Å². The van der Waals surface area contributed by atoms with Gasteiger partial charge in [-0.1, -0.05) is 46.8 Å². The summed E-state index contributed by atoms with van der Waals surface area (Å²) in [7, 11) is 0. The van der Waals surface area contributed by atoms with Gasteiger partial charge in [0.15, 0.2) is 4.34 Å². The van der Waals surface area contributed by atoms with Gasteiger partial charge in [-0.3, -0.25) is 0 Å². The zero-order chi connectivity index (χ0) is 15.5. The van der Waals surface area contributed by atoms with Crippen molar-refractivity contribution in [1.29, 1.82) is 0 Å². The highest BCUT2D eigenvalue weighted by Gasteiger charge is 2.11. The molecule has 2 aromatic carbocycles. The van der Waals surface area contributed by atoms with Crippen LogP contribution >= 0.6 is 34.7 Å². The Morgan fingerprint density at radius 2 is 1.77 bits per heavy atom. The van der Waals surface area contributed by atoms with E-state index in [9.17, 15) is 4.39 Å². The summed E-state index contributed by atoms with van der Waals surface area (Å²) in [6, 6.07) is 13.9. The lowest BCUT2D eigenvalue weighted by Crippen LogP contribution is -1.86. The smallest absolute Gasteiger partial charge is 0.152 e. The second kappa shape index (κ2) is 6.69. The van der Waals surface area contributed by atoms with E-state index in [1.165, 1.54) is 29.0 Å². The summed E-state index contributed by atoms with van der Waals surface area (Å²) < 4.78 is 13.9. The molecule has 0 unspecified atom stereocenters. The maximum atomic E-state index is 13.0. The quantitative estimate of drug-likeness (QED) is 0.633. The molecule has 0 saturated heterocycles. The van der Waals surface area contributed by atoms with Gasteiger partial charge in [-0.2, -0.15) is 0 Å². The van der Waals surface area contributed by atoms with Crippen molar-refractivity contribution in [3.63, 3.8) is 0 Å². The minimum Gasteiger partial charge on any atom is -0.389 e. The fraction of sp³-hybridized carbons (Fsp3) is 0.0625. The molecule has 0 spiro atoms. The molecule has 0 fully saturated rings. The molecule has 2 N–H and O–H groups in total. The van der Waals surface area contributed by atoms with Gasteiger partial charge in [0.05, 0.1) is 0 Å². The van der Waals surface area contributed by atoms with E-state index in [4.69, 9.17) is 17.3 Å². The van der Waals surface area contributed by atoms with Crippen LogP contribution in [0.15, 0.2) is 52.9 Å². The van der Waals surface area contributed by atoms with Gasteiger partial charge in [0.2, 0.25) is 0 Å². The van der Waals surface area contributed by atoms with Gasteiger partial charge in [-0.15, -0.1) is 0 Å². The van der Waals surface area contributed by atoms with E-state index < -0.39 is 0 Å². The van der Waals surface area contributed by atoms with Crippen LogP contribution < -0.4 is 5.73 Å². The number of anilines is 1. The number of nitrogens with two attached hydrogens (primary N) is 1. The van der Waals surface area contributed by atoms with Crippen LogP contribution in [0.25, 0.3) is 11.3 Å². The monoisotopic (exact) mass is 350 g/mol. The molecule has 3 rings (SSSR count). The zero-order valence-corrected chi connectivity index (χ0v) is 13.8. The number of nitrogen functional groups attached to an aromatic ring is 1. The largest absolute Gasteiger partial charge is 0.389 e. The first-order valence-electron chi connectivity index (χ1n) is 6.51. The van der Waals surface area contributed by atoms with Gasteiger partial charge < -0.3 is 5.73 Å². The molecule has 0 aliphatic heterocycles. The molecule has 2 nitrogen and oxygen atoms in total. The third-order valence-electron chi connectivity index (χ3n) is 3.03. The van der Waals surface area contributed by atoms with Crippen molar-refractivity contribution in [3.05, 3.63) is 64.9 Å². The Kier molecular flexibility index (Phi) is 4.66. The maximum Gasteiger partial charge on any atom is 0.152 e. The average molecular weight is 351 g/mol. The number of aromatic nitrogens is 1. The topological polar surface area (TPSA) is 38.9 Å². The van der Waals surface area contributed by atoms with Crippen molar-refractivity contribution in [2.75, 3.05) is 5.73 Å². The number of rotatable bonds is 4. The van der Waals surface area contributed by atoms with E-state index in [1.54, 1.807) is 23.9 Å². The number of hydrogen-bond donors (Lipinski definition) is 1. The fourth-order valence-corrected chi connectivity index (χ4v) is 3.95. The van der Waals surface area contributed by atoms with Crippen molar-refractivity contribution >= 4 is 39.7 Å². The lowest BCUT2D eigenvalue weighted by Gasteiger charge is -1.99. The number of thiazole rings is 1. The number of halogens is 2. The fourth-order valence-electron chi connectivity index (χ4n) is 1.91. The number of hydrogen-bond acceptors (Lipinski definition) is 4. The van der Waals surface area contributed by atoms with E-state index in [0.29, 0.717) is 10.7 Å². The van der Waals surface area contributed by atoms with Gasteiger partial charge in [0, 0.05) is 16.3 Å². The Morgan fingerprint density at radius 1 is 1.09 bits per heavy atom. The van der Waals surface area contributed by atoms with Crippen LogP contribution in [-0.4, -0.2) is 4.98 Å². The Hall–Kier alpha value is -1.56. The first-order valence-corrected chi connectivity index (χ1v) is 8.69. The molecule has 0 aliphatic carbocycles. The molecular weight excluding hydrogens is 339 g/mol. The summed E-state index contributed by atoms with van der Waals surface area (Å²) in [6.07, 6.45) is 0. The van der Waals surface area contributed by atoms with E-state index in [-0.39, 0.29) is 5.82 Å². The van der Waals surface area contributed by atoms with Crippen molar-refractivity contribution in [1.82, 2.24) is 4.98 Å². The second-order valence-corrected chi connectivity index (χ2v) is 7.30. The molecule has 112 valence electrons. The van der Waals surface area contributed by atoms with Crippen molar-refractivity contribution in [2.24, 2.45) is 0 Å². The molecule has 0 amide bonds. The minimum absolute atomic E-state index is 0.269. The number of nitrogens with zero attached hydrogens (tertiary/aromatic N) is 1. The summed E-state index contributed by atoms with van der Waals surface area (Å²) >= 11 is 8.94. The van der Waals surface area contributed by atoms with Crippen LogP contribution in [0.2, 0.25) is 5.02 Å². The SMILES string of the molecule is Nc1sc(SCc2ccc(Cl)cc2)nc1-c1ccc(F)cc1. The molecule has 6 heteroatoms. The van der Waals surface area contributed by atoms with Crippen molar-refractivity contribution in [3.8, 4) is 11.3 Å². The Morgan fingerprint density at radius 3 is 2.45 bits per heavy atom. The molecule has 0 atom stereocenters. The molecule has 0 bridgehead atoms. The van der Waals surface area contributed by atoms with Gasteiger partial charge in [-0.25, -0.2) is 9.37 Å². The van der Waals surface area contributed by atoms with Crippen molar-refractivity contribution < 1.29 is 4.39 Å². The van der Waals surface area contributed by atoms with Crippen molar-refractivity contribution in [2.45, 2.75) is 10.1 Å². The van der Waals surface area contributed by atoms with Crippen LogP contribution in [0.1, 0.15) is 5.56 Å². The number of thioether (sulfide) groups is 1. The highest BCUT2D eigenvalue weighted by Crippen LogP contribution is 2.36. The average Bonchev–Trinajstić information content (AvgIpc) is 2.89. The molecule has 3 aromatic rings. The van der Waals surface area contributed by atoms with Gasteiger partial charge in [-0.05, 0) is 42.0 Å². The predicted molar refractivity (Wildman–Crippen MR) is 92.9 cm³/mol. The van der Waals surface area contributed by atoms with Crippen LogP contribution in [0, 0.1) is 5.82 Å². The highest BCUT2D eigenvalue weighted by atomic mass is 35.5. The molecule has 1 heterocycles. The normalized spacial score (nSPS) is 10.8. The highest BCUT2D eigenvalue weighted by molar-refractivity contribution is 8.00. The minimum atomic E-state index is -0.269. The first kappa shape index (κ1) is 15.3. The predicted octanol–water partition coefficient (Wildman–Crippen LogP) is 5.48. The van der Waals surface area contributed by atoms with E-state index in [1.807, 2.05) is 24.3 Å². The Balaban J connectivity index is 1.74. The molecule has 0 aliphatic rings. The zero-order valence-electron chi connectivity index (χ0n) is 11.4. The molecule has 1 aromatic heterocycles. The summed E-state index contributed by atoms with van der Waals surface area (Å²) in [4.78, 5) is 4.55. The standard InChI is InChI=1S/C16H12ClFN2S2/c17-12-5-1-10(2-6-12)9-21-16-20-14(15(19)22-16)11-3-7-13(18)8-4-11/h1-8H,9,19H2. The molecule has 0 radical (unpaired) electrons. The lowest BCUT2D eigenvalue weighted by molar-refractivity contribution is 0.628. The lowest BCUT2D eigenvalue weighted by atomic mass is 10.2. The van der Waals surface area contributed by atoms with Crippen LogP contribution in [0.4, 0.5) is 9.39 Å². The second-order valence-electron chi connectivity index (χ2n) is 4.61. The maximum absolute atomic E-state index is 13.0. The Labute approximate surface area is 141 Å². The van der Waals surface area contributed by atoms with Crippen LogP contribution in [0.3, 0.4) is 0 Å². The molecule has 0 saturated carbocycles. The first-order chi connectivity index (χ1) is 10.6. The third kappa shape index (κ3) is 3.61. The summed E-state index contributed by atoms with van der Waals surface area (Å²) in [6.45, 7) is 0. The third-order valence-corrected chi connectivity index (χ3v) is 5.38. The van der Waals surface area contributed by atoms with E-state index in [2.05, 4.69) is 4.98 Å². The number of benzene rings is 2. The van der Waals surface area contributed by atoms with E-state index in [0.717, 1.165) is 20.7 Å². The summed E-state index contributed by atoms with van der Waals surface area (Å²) in [5.41, 5.74) is 8.74. The van der Waals surface area contributed by atoms with Crippen LogP contribution in [-0.2, 0) is 5.75 Å². The summed E-state index contributed by atoms with van der Waals surface area (Å²) in [5, 5.41) is 1.37. The van der Waals surface area contributed by atoms with Gasteiger partial charge in [0.1, 0.15) is 16.5 Å². The van der Waals surface area contributed by atoms with Crippen LogP contribution in [0.5, 0.6) is 0 Å². The Bertz CT molecular complexity index is 770. The molecular formula is C16H12ClFN2S2.